The normalized spacial score (nSPS) is 17.6. The fourth-order valence-electron chi connectivity index (χ4n) is 2.17. The monoisotopic (exact) mass is 215 g/mol. The molecule has 1 atom stereocenters. The average molecular weight is 215 g/mol. The van der Waals surface area contributed by atoms with E-state index in [0.29, 0.717) is 6.04 Å². The summed E-state index contributed by atoms with van der Waals surface area (Å²) in [6.45, 7) is 2.23. The van der Waals surface area contributed by atoms with Crippen molar-refractivity contribution in [3.63, 3.8) is 0 Å². The Morgan fingerprint density at radius 2 is 2.25 bits per heavy atom. The van der Waals surface area contributed by atoms with E-state index in [2.05, 4.69) is 28.3 Å². The van der Waals surface area contributed by atoms with E-state index in [1.165, 1.54) is 19.3 Å². The van der Waals surface area contributed by atoms with Crippen LogP contribution in [-0.2, 0) is 0 Å². The smallest absolute Gasteiger partial charge is 0.201 e. The van der Waals surface area contributed by atoms with Crippen molar-refractivity contribution in [2.45, 2.75) is 32.2 Å². The van der Waals surface area contributed by atoms with Gasteiger partial charge in [0.2, 0.25) is 5.95 Å². The highest BCUT2D eigenvalue weighted by atomic mass is 15.1. The van der Waals surface area contributed by atoms with Crippen LogP contribution < -0.4 is 5.32 Å². The molecule has 1 aliphatic carbocycles. The lowest BCUT2D eigenvalue weighted by Gasteiger charge is -2.11. The van der Waals surface area contributed by atoms with Crippen LogP contribution in [0.15, 0.2) is 24.3 Å². The molecule has 0 spiro atoms. The third kappa shape index (κ3) is 2.03. The summed E-state index contributed by atoms with van der Waals surface area (Å²) < 4.78 is 0. The SMILES string of the molecule is CC(CC1CC1)Nc1nc2ccccc2[nH]1. The van der Waals surface area contributed by atoms with Crippen molar-refractivity contribution in [2.75, 3.05) is 5.32 Å². The molecule has 0 aliphatic heterocycles. The number of nitrogens with one attached hydrogen (secondary N) is 2. The number of nitrogens with zero attached hydrogens (tertiary/aromatic N) is 1. The number of aromatic amines is 1. The second-order valence-corrected chi connectivity index (χ2v) is 4.83. The van der Waals surface area contributed by atoms with Crippen molar-refractivity contribution >= 4 is 17.0 Å². The second-order valence-electron chi connectivity index (χ2n) is 4.83. The van der Waals surface area contributed by atoms with Crippen molar-refractivity contribution in [2.24, 2.45) is 5.92 Å². The van der Waals surface area contributed by atoms with Crippen molar-refractivity contribution in [3.8, 4) is 0 Å². The predicted octanol–water partition coefficient (Wildman–Crippen LogP) is 3.16. The first-order valence-corrected chi connectivity index (χ1v) is 6.02. The van der Waals surface area contributed by atoms with Gasteiger partial charge < -0.3 is 10.3 Å². The molecule has 1 heterocycles. The fraction of sp³-hybridized carbons (Fsp3) is 0.462. The van der Waals surface area contributed by atoms with Gasteiger partial charge >= 0.3 is 0 Å². The van der Waals surface area contributed by atoms with Crippen molar-refractivity contribution in [1.29, 1.82) is 0 Å². The van der Waals surface area contributed by atoms with Gasteiger partial charge in [0, 0.05) is 6.04 Å². The number of aromatic nitrogens is 2. The lowest BCUT2D eigenvalue weighted by molar-refractivity contribution is 0.638. The summed E-state index contributed by atoms with van der Waals surface area (Å²) in [6.07, 6.45) is 4.08. The highest BCUT2D eigenvalue weighted by molar-refractivity contribution is 5.77. The second kappa shape index (κ2) is 3.81. The van der Waals surface area contributed by atoms with Crippen LogP contribution in [-0.4, -0.2) is 16.0 Å². The molecule has 84 valence electrons. The molecule has 3 heteroatoms. The predicted molar refractivity (Wildman–Crippen MR) is 66.5 cm³/mol. The zero-order valence-corrected chi connectivity index (χ0v) is 9.53. The summed E-state index contributed by atoms with van der Waals surface area (Å²) in [6, 6.07) is 8.63. The highest BCUT2D eigenvalue weighted by Crippen LogP contribution is 2.33. The fourth-order valence-corrected chi connectivity index (χ4v) is 2.17. The molecule has 1 unspecified atom stereocenters. The Kier molecular flexibility index (Phi) is 2.31. The molecule has 0 bridgehead atoms. The molecular formula is C13H17N3. The Hall–Kier alpha value is -1.51. The van der Waals surface area contributed by atoms with Crippen molar-refractivity contribution < 1.29 is 0 Å². The van der Waals surface area contributed by atoms with Crippen molar-refractivity contribution in [3.05, 3.63) is 24.3 Å². The summed E-state index contributed by atoms with van der Waals surface area (Å²) in [5, 5.41) is 3.44. The number of hydrogen-bond donors (Lipinski definition) is 2. The lowest BCUT2D eigenvalue weighted by atomic mass is 10.2. The van der Waals surface area contributed by atoms with Crippen LogP contribution in [0.1, 0.15) is 26.2 Å². The minimum Gasteiger partial charge on any atom is -0.353 e. The maximum absolute atomic E-state index is 4.51. The van der Waals surface area contributed by atoms with Crippen LogP contribution >= 0.6 is 0 Å². The van der Waals surface area contributed by atoms with E-state index in [9.17, 15) is 0 Å². The number of H-pyrrole nitrogens is 1. The summed E-state index contributed by atoms with van der Waals surface area (Å²) in [7, 11) is 0. The third-order valence-electron chi connectivity index (χ3n) is 3.16. The maximum Gasteiger partial charge on any atom is 0.201 e. The van der Waals surface area contributed by atoms with Crippen LogP contribution in [0.25, 0.3) is 11.0 Å². The number of para-hydroxylation sites is 2. The molecule has 1 aromatic carbocycles. The number of anilines is 1. The molecule has 0 radical (unpaired) electrons. The zero-order valence-electron chi connectivity index (χ0n) is 9.53. The van der Waals surface area contributed by atoms with Gasteiger partial charge in [-0.3, -0.25) is 0 Å². The van der Waals surface area contributed by atoms with Gasteiger partial charge in [-0.2, -0.15) is 0 Å². The Morgan fingerprint density at radius 3 is 3.00 bits per heavy atom. The van der Waals surface area contributed by atoms with Crippen LogP contribution in [0.4, 0.5) is 5.95 Å². The van der Waals surface area contributed by atoms with Crippen LogP contribution in [0.3, 0.4) is 0 Å². The number of rotatable bonds is 4. The molecular weight excluding hydrogens is 198 g/mol. The quantitative estimate of drug-likeness (QED) is 0.822. The van der Waals surface area contributed by atoms with Crippen molar-refractivity contribution in [1.82, 2.24) is 9.97 Å². The number of imidazole rings is 1. The Bertz CT molecular complexity index is 452. The van der Waals surface area contributed by atoms with E-state index >= 15 is 0 Å². The summed E-state index contributed by atoms with van der Waals surface area (Å²) in [5.74, 6) is 1.85. The lowest BCUT2D eigenvalue weighted by Crippen LogP contribution is -2.16. The maximum atomic E-state index is 4.51. The van der Waals surface area contributed by atoms with Crippen LogP contribution in [0, 0.1) is 5.92 Å². The first-order chi connectivity index (χ1) is 7.81. The van der Waals surface area contributed by atoms with E-state index in [1.54, 1.807) is 0 Å². The summed E-state index contributed by atoms with van der Waals surface area (Å²) >= 11 is 0. The van der Waals surface area contributed by atoms with Gasteiger partial charge in [0.05, 0.1) is 11.0 Å². The van der Waals surface area contributed by atoms with Gasteiger partial charge in [0.15, 0.2) is 0 Å². The highest BCUT2D eigenvalue weighted by Gasteiger charge is 2.23. The van der Waals surface area contributed by atoms with Gasteiger partial charge in [0.25, 0.3) is 0 Å². The molecule has 3 nitrogen and oxygen atoms in total. The minimum absolute atomic E-state index is 0.507. The third-order valence-corrected chi connectivity index (χ3v) is 3.16. The van der Waals surface area contributed by atoms with E-state index in [-0.39, 0.29) is 0 Å². The Balaban J connectivity index is 1.72. The van der Waals surface area contributed by atoms with Gasteiger partial charge in [-0.15, -0.1) is 0 Å². The Morgan fingerprint density at radius 1 is 1.44 bits per heavy atom. The number of fused-ring (bicyclic) bond motifs is 1. The molecule has 0 amide bonds. The van der Waals surface area contributed by atoms with Gasteiger partial charge in [-0.05, 0) is 31.4 Å². The number of hydrogen-bond acceptors (Lipinski definition) is 2. The average Bonchev–Trinajstić information content (AvgIpc) is 2.97. The molecule has 1 saturated carbocycles. The zero-order chi connectivity index (χ0) is 11.0. The molecule has 1 aliphatic rings. The van der Waals surface area contributed by atoms with E-state index in [0.717, 1.165) is 22.9 Å². The van der Waals surface area contributed by atoms with Gasteiger partial charge in [-0.1, -0.05) is 25.0 Å². The summed E-state index contributed by atoms with van der Waals surface area (Å²) in [4.78, 5) is 7.81. The molecule has 1 fully saturated rings. The topological polar surface area (TPSA) is 40.7 Å². The van der Waals surface area contributed by atoms with E-state index in [4.69, 9.17) is 0 Å². The standard InChI is InChI=1S/C13H17N3/c1-9(8-10-6-7-10)14-13-15-11-4-2-3-5-12(11)16-13/h2-5,9-10H,6-8H2,1H3,(H2,14,15,16). The molecule has 2 aromatic rings. The number of benzene rings is 1. The van der Waals surface area contributed by atoms with Gasteiger partial charge in [-0.25, -0.2) is 4.98 Å². The molecule has 2 N–H and O–H groups in total. The molecule has 16 heavy (non-hydrogen) atoms. The van der Waals surface area contributed by atoms with Crippen LogP contribution in [0.5, 0.6) is 0 Å². The Labute approximate surface area is 95.3 Å². The first-order valence-electron chi connectivity index (χ1n) is 6.02. The molecule has 3 rings (SSSR count). The minimum atomic E-state index is 0.507. The van der Waals surface area contributed by atoms with E-state index in [1.807, 2.05) is 18.2 Å². The van der Waals surface area contributed by atoms with E-state index < -0.39 is 0 Å². The first kappa shape index (κ1) is 9.70. The van der Waals surface area contributed by atoms with Crippen LogP contribution in [0.2, 0.25) is 0 Å². The largest absolute Gasteiger partial charge is 0.353 e. The molecule has 0 saturated heterocycles. The summed E-state index contributed by atoms with van der Waals surface area (Å²) in [5.41, 5.74) is 2.13. The molecule has 1 aromatic heterocycles. The van der Waals surface area contributed by atoms with Gasteiger partial charge in [0.1, 0.15) is 0 Å².